The lowest BCUT2D eigenvalue weighted by Crippen LogP contribution is -2.12. The molecule has 0 radical (unpaired) electrons. The van der Waals surface area contributed by atoms with Crippen LogP contribution in [-0.4, -0.2) is 10.9 Å². The minimum atomic E-state index is -0.311. The average molecular weight is 338 g/mol. The molecule has 0 aliphatic carbocycles. The molecule has 2 heterocycles. The van der Waals surface area contributed by atoms with Gasteiger partial charge in [-0.15, -0.1) is 11.3 Å². The molecule has 0 aliphatic heterocycles. The Morgan fingerprint density at radius 1 is 1.24 bits per heavy atom. The van der Waals surface area contributed by atoms with Gasteiger partial charge in [0.2, 0.25) is 0 Å². The van der Waals surface area contributed by atoms with E-state index in [4.69, 9.17) is 28.9 Å². The molecule has 3 N–H and O–H groups in total. The van der Waals surface area contributed by atoms with E-state index in [1.807, 2.05) is 6.07 Å². The molecule has 3 aromatic rings. The summed E-state index contributed by atoms with van der Waals surface area (Å²) in [5, 5.41) is 3.63. The summed E-state index contributed by atoms with van der Waals surface area (Å²) < 4.78 is 0.865. The summed E-state index contributed by atoms with van der Waals surface area (Å²) in [7, 11) is 0. The Bertz CT molecular complexity index is 827. The number of nitrogens with zero attached hydrogens (tertiary/aromatic N) is 1. The van der Waals surface area contributed by atoms with Crippen molar-refractivity contribution in [1.82, 2.24) is 4.98 Å². The fraction of sp³-hybridized carbons (Fsp3) is 0. The van der Waals surface area contributed by atoms with Gasteiger partial charge in [-0.1, -0.05) is 23.2 Å². The van der Waals surface area contributed by atoms with E-state index < -0.39 is 0 Å². The van der Waals surface area contributed by atoms with Crippen molar-refractivity contribution in [3.05, 3.63) is 51.5 Å². The molecule has 0 atom stereocenters. The van der Waals surface area contributed by atoms with Gasteiger partial charge in [-0.05, 0) is 30.3 Å². The Balaban J connectivity index is 1.95. The van der Waals surface area contributed by atoms with Gasteiger partial charge in [0.25, 0.3) is 5.91 Å². The molecule has 3 rings (SSSR count). The lowest BCUT2D eigenvalue weighted by Gasteiger charge is -2.05. The number of thiophene rings is 1. The number of hydrogen-bond acceptors (Lipinski definition) is 4. The van der Waals surface area contributed by atoms with E-state index in [0.717, 1.165) is 4.70 Å². The van der Waals surface area contributed by atoms with Gasteiger partial charge < -0.3 is 11.1 Å². The van der Waals surface area contributed by atoms with Crippen LogP contribution >= 0.6 is 34.5 Å². The Kier molecular flexibility index (Phi) is 3.71. The molecule has 0 saturated carbocycles. The number of hydrogen-bond donors (Lipinski definition) is 2. The summed E-state index contributed by atoms with van der Waals surface area (Å²) in [6.07, 6.45) is 1.64. The van der Waals surface area contributed by atoms with Gasteiger partial charge in [-0.25, -0.2) is 0 Å². The van der Waals surface area contributed by atoms with Crippen molar-refractivity contribution < 1.29 is 4.79 Å². The fourth-order valence-electron chi connectivity index (χ4n) is 1.93. The summed E-state index contributed by atoms with van der Waals surface area (Å²) >= 11 is 13.1. The molecule has 7 heteroatoms. The second-order valence-corrected chi connectivity index (χ2v) is 6.23. The number of halogens is 2. The monoisotopic (exact) mass is 337 g/mol. The first-order valence-corrected chi connectivity index (χ1v) is 7.52. The van der Waals surface area contributed by atoms with Gasteiger partial charge in [0, 0.05) is 21.9 Å². The molecule has 0 fully saturated rings. The van der Waals surface area contributed by atoms with Crippen LogP contribution < -0.4 is 11.1 Å². The number of fused-ring (bicyclic) bond motifs is 1. The highest BCUT2D eigenvalue weighted by atomic mass is 35.5. The maximum absolute atomic E-state index is 12.3. The predicted octanol–water partition coefficient (Wildman–Crippen LogP) is 4.44. The van der Waals surface area contributed by atoms with Crippen LogP contribution in [0.5, 0.6) is 0 Å². The van der Waals surface area contributed by atoms with Crippen molar-refractivity contribution in [3.8, 4) is 0 Å². The van der Waals surface area contributed by atoms with Crippen LogP contribution in [0.15, 0.2) is 36.5 Å². The summed E-state index contributed by atoms with van der Waals surface area (Å²) in [6.45, 7) is 0. The summed E-state index contributed by atoms with van der Waals surface area (Å²) in [5.41, 5.74) is 7.52. The first kappa shape index (κ1) is 14.1. The van der Waals surface area contributed by atoms with Gasteiger partial charge >= 0.3 is 0 Å². The third-order valence-corrected chi connectivity index (χ3v) is 4.40. The van der Waals surface area contributed by atoms with E-state index in [0.29, 0.717) is 31.8 Å². The molecule has 0 spiro atoms. The number of nitrogen functional groups attached to an aromatic ring is 1. The molecular weight excluding hydrogens is 329 g/mol. The van der Waals surface area contributed by atoms with Crippen LogP contribution in [0.1, 0.15) is 9.67 Å². The number of benzene rings is 1. The molecule has 0 unspecified atom stereocenters. The highest BCUT2D eigenvalue weighted by Crippen LogP contribution is 2.32. The largest absolute Gasteiger partial charge is 0.396 e. The zero-order chi connectivity index (χ0) is 15.0. The molecule has 0 aliphatic rings. The summed E-state index contributed by atoms with van der Waals surface area (Å²) in [6, 6.07) is 8.50. The first-order chi connectivity index (χ1) is 10.0. The molecule has 106 valence electrons. The average Bonchev–Trinajstić information content (AvgIpc) is 2.76. The molecule has 1 amide bonds. The minimum Gasteiger partial charge on any atom is -0.396 e. The second-order valence-electron chi connectivity index (χ2n) is 4.31. The standard InChI is InChI=1S/C14H9Cl2N3OS/c15-7-4-8(16)6-9(5-7)19-14(20)13-11(17)12-10(21-13)2-1-3-18-12/h1-6H,17H2,(H,19,20). The van der Waals surface area contributed by atoms with Crippen molar-refractivity contribution in [2.75, 3.05) is 11.1 Å². The smallest absolute Gasteiger partial charge is 0.267 e. The van der Waals surface area contributed by atoms with Gasteiger partial charge in [0.05, 0.1) is 10.4 Å². The van der Waals surface area contributed by atoms with Gasteiger partial charge in [0.1, 0.15) is 10.4 Å². The van der Waals surface area contributed by atoms with Crippen molar-refractivity contribution >= 4 is 62.0 Å². The normalized spacial score (nSPS) is 10.8. The zero-order valence-corrected chi connectivity index (χ0v) is 12.9. The number of carbonyl (C=O) groups is 1. The molecule has 1 aromatic carbocycles. The van der Waals surface area contributed by atoms with Crippen LogP contribution in [-0.2, 0) is 0 Å². The predicted molar refractivity (Wildman–Crippen MR) is 88.4 cm³/mol. The summed E-state index contributed by atoms with van der Waals surface area (Å²) in [4.78, 5) is 16.9. The number of nitrogens with two attached hydrogens (primary N) is 1. The van der Waals surface area contributed by atoms with Crippen LogP contribution in [0.25, 0.3) is 10.2 Å². The van der Waals surface area contributed by atoms with Gasteiger partial charge in [-0.3, -0.25) is 9.78 Å². The van der Waals surface area contributed by atoms with Crippen molar-refractivity contribution in [3.63, 3.8) is 0 Å². The minimum absolute atomic E-state index is 0.311. The van der Waals surface area contributed by atoms with Crippen LogP contribution in [0.3, 0.4) is 0 Å². The van der Waals surface area contributed by atoms with Crippen LogP contribution in [0.4, 0.5) is 11.4 Å². The maximum Gasteiger partial charge on any atom is 0.267 e. The number of carbonyl (C=O) groups excluding carboxylic acids is 1. The molecule has 0 saturated heterocycles. The van der Waals surface area contributed by atoms with E-state index in [2.05, 4.69) is 10.3 Å². The number of pyridine rings is 1. The van der Waals surface area contributed by atoms with E-state index >= 15 is 0 Å². The highest BCUT2D eigenvalue weighted by Gasteiger charge is 2.17. The lowest BCUT2D eigenvalue weighted by molar-refractivity contribution is 0.103. The molecule has 2 aromatic heterocycles. The fourth-order valence-corrected chi connectivity index (χ4v) is 3.43. The SMILES string of the molecule is Nc1c(C(=O)Nc2cc(Cl)cc(Cl)c2)sc2cccnc12. The Morgan fingerprint density at radius 2 is 1.95 bits per heavy atom. The third-order valence-electron chi connectivity index (χ3n) is 2.81. The van der Waals surface area contributed by atoms with Gasteiger partial charge in [-0.2, -0.15) is 0 Å². The van der Waals surface area contributed by atoms with Gasteiger partial charge in [0.15, 0.2) is 0 Å². The third kappa shape index (κ3) is 2.81. The second kappa shape index (κ2) is 5.52. The van der Waals surface area contributed by atoms with E-state index in [-0.39, 0.29) is 5.91 Å². The number of rotatable bonds is 2. The van der Waals surface area contributed by atoms with E-state index in [9.17, 15) is 4.79 Å². The Morgan fingerprint density at radius 3 is 2.62 bits per heavy atom. The van der Waals surface area contributed by atoms with E-state index in [1.165, 1.54) is 11.3 Å². The van der Waals surface area contributed by atoms with Crippen LogP contribution in [0, 0.1) is 0 Å². The number of nitrogens with one attached hydrogen (secondary N) is 1. The van der Waals surface area contributed by atoms with Crippen LogP contribution in [0.2, 0.25) is 10.0 Å². The number of amides is 1. The Hall–Kier alpha value is -1.82. The maximum atomic E-state index is 12.3. The van der Waals surface area contributed by atoms with Crippen molar-refractivity contribution in [1.29, 1.82) is 0 Å². The quantitative estimate of drug-likeness (QED) is 0.726. The molecule has 4 nitrogen and oxygen atoms in total. The zero-order valence-electron chi connectivity index (χ0n) is 10.6. The first-order valence-electron chi connectivity index (χ1n) is 5.95. The Labute approximate surface area is 134 Å². The number of anilines is 2. The van der Waals surface area contributed by atoms with Crippen molar-refractivity contribution in [2.45, 2.75) is 0 Å². The molecule has 0 bridgehead atoms. The topological polar surface area (TPSA) is 68.0 Å². The van der Waals surface area contributed by atoms with Crippen molar-refractivity contribution in [2.24, 2.45) is 0 Å². The number of aromatic nitrogens is 1. The molecular formula is C14H9Cl2N3OS. The lowest BCUT2D eigenvalue weighted by atomic mass is 10.3. The highest BCUT2D eigenvalue weighted by molar-refractivity contribution is 7.21. The van der Waals surface area contributed by atoms with E-state index in [1.54, 1.807) is 30.5 Å². The summed E-state index contributed by atoms with van der Waals surface area (Å²) in [5.74, 6) is -0.311. The molecule has 21 heavy (non-hydrogen) atoms.